The van der Waals surface area contributed by atoms with Crippen molar-refractivity contribution in [3.8, 4) is 11.3 Å². The van der Waals surface area contributed by atoms with Crippen molar-refractivity contribution >= 4 is 16.8 Å². The molecule has 5 heteroatoms. The summed E-state index contributed by atoms with van der Waals surface area (Å²) < 4.78 is 5.42. The van der Waals surface area contributed by atoms with Gasteiger partial charge >= 0.3 is 0 Å². The van der Waals surface area contributed by atoms with Gasteiger partial charge in [0.05, 0.1) is 18.2 Å². The third-order valence-corrected chi connectivity index (χ3v) is 7.37. The predicted octanol–water partition coefficient (Wildman–Crippen LogP) is 5.71. The molecule has 2 saturated heterocycles. The fraction of sp³-hybridized carbons (Fsp3) is 0.500. The highest BCUT2D eigenvalue weighted by atomic mass is 16.5. The number of nitrogens with one attached hydrogen (secondary N) is 1. The summed E-state index contributed by atoms with van der Waals surface area (Å²) in [6, 6.07) is 11.3. The normalized spacial score (nSPS) is 19.7. The van der Waals surface area contributed by atoms with E-state index in [1.54, 1.807) is 0 Å². The van der Waals surface area contributed by atoms with Gasteiger partial charge in [-0.05, 0) is 80.3 Å². The zero-order valence-corrected chi connectivity index (χ0v) is 20.3. The first-order valence-electron chi connectivity index (χ1n) is 12.4. The summed E-state index contributed by atoms with van der Waals surface area (Å²) in [5, 5.41) is 1.33. The van der Waals surface area contributed by atoms with Gasteiger partial charge in [0.1, 0.15) is 0 Å². The van der Waals surface area contributed by atoms with E-state index in [0.717, 1.165) is 50.3 Å². The highest BCUT2D eigenvalue weighted by Gasteiger charge is 2.31. The number of carbonyl (C=O) groups is 1. The Kier molecular flexibility index (Phi) is 6.00. The van der Waals surface area contributed by atoms with Gasteiger partial charge in [0, 0.05) is 47.6 Å². The lowest BCUT2D eigenvalue weighted by Gasteiger charge is -2.33. The number of aromatic amines is 1. The number of fused-ring (bicyclic) bond motifs is 1. The number of hydrogen-bond donors (Lipinski definition) is 1. The summed E-state index contributed by atoms with van der Waals surface area (Å²) >= 11 is 0. The zero-order valence-electron chi connectivity index (χ0n) is 20.3. The van der Waals surface area contributed by atoms with Crippen molar-refractivity contribution in [3.63, 3.8) is 0 Å². The molecule has 174 valence electrons. The van der Waals surface area contributed by atoms with Crippen LogP contribution in [0.5, 0.6) is 0 Å². The van der Waals surface area contributed by atoms with Gasteiger partial charge in [0.2, 0.25) is 5.91 Å². The molecule has 1 N–H and O–H groups in total. The number of likely N-dealkylation sites (tertiary alicyclic amines) is 1. The molecule has 5 rings (SSSR count). The fourth-order valence-electron chi connectivity index (χ4n) is 5.71. The van der Waals surface area contributed by atoms with Crippen LogP contribution in [0, 0.1) is 19.8 Å². The van der Waals surface area contributed by atoms with Crippen LogP contribution in [0.2, 0.25) is 0 Å². The average Bonchev–Trinajstić information content (AvgIpc) is 3.46. The van der Waals surface area contributed by atoms with Gasteiger partial charge in [-0.3, -0.25) is 9.78 Å². The lowest BCUT2D eigenvalue weighted by Crippen LogP contribution is -2.41. The molecule has 2 aliphatic rings. The van der Waals surface area contributed by atoms with Crippen LogP contribution in [-0.2, 0) is 9.53 Å². The molecule has 33 heavy (non-hydrogen) atoms. The first-order chi connectivity index (χ1) is 15.9. The number of aromatic nitrogens is 2. The fourth-order valence-corrected chi connectivity index (χ4v) is 5.71. The van der Waals surface area contributed by atoms with Gasteiger partial charge in [0.15, 0.2) is 0 Å². The summed E-state index contributed by atoms with van der Waals surface area (Å²) in [6.45, 7) is 11.7. The van der Waals surface area contributed by atoms with Gasteiger partial charge < -0.3 is 14.6 Å². The lowest BCUT2D eigenvalue weighted by atomic mass is 9.87. The number of rotatable bonds is 4. The number of carbonyl (C=O) groups excluding carboxylic acids is 1. The molecule has 0 spiro atoms. The molecule has 1 aromatic carbocycles. The molecule has 3 aromatic rings. The van der Waals surface area contributed by atoms with E-state index in [2.05, 4.69) is 72.9 Å². The molecule has 2 aliphatic heterocycles. The summed E-state index contributed by atoms with van der Waals surface area (Å²) in [6.07, 6.45) is 2.93. The molecule has 2 aromatic heterocycles. The topological polar surface area (TPSA) is 58.2 Å². The molecular formula is C28H35N3O2. The average molecular weight is 446 g/mol. The molecular weight excluding hydrogens is 410 g/mol. The first kappa shape index (κ1) is 22.1. The second kappa shape index (κ2) is 8.94. The Balaban J connectivity index is 1.41. The molecule has 0 saturated carbocycles. The van der Waals surface area contributed by atoms with E-state index in [1.807, 2.05) is 0 Å². The molecule has 1 atom stereocenters. The number of benzene rings is 1. The lowest BCUT2D eigenvalue weighted by molar-refractivity contribution is -0.136. The second-order valence-electron chi connectivity index (χ2n) is 10.2. The van der Waals surface area contributed by atoms with E-state index in [9.17, 15) is 4.79 Å². The van der Waals surface area contributed by atoms with Crippen LogP contribution in [-0.4, -0.2) is 47.1 Å². The van der Waals surface area contributed by atoms with Gasteiger partial charge in [-0.2, -0.15) is 0 Å². The molecule has 4 heterocycles. The summed E-state index contributed by atoms with van der Waals surface area (Å²) in [7, 11) is 0. The maximum atomic E-state index is 12.8. The van der Waals surface area contributed by atoms with E-state index in [1.165, 1.54) is 33.3 Å². The monoisotopic (exact) mass is 445 g/mol. The smallest absolute Gasteiger partial charge is 0.228 e. The third kappa shape index (κ3) is 4.31. The molecule has 0 bridgehead atoms. The van der Waals surface area contributed by atoms with Crippen LogP contribution in [0.4, 0.5) is 0 Å². The van der Waals surface area contributed by atoms with E-state index in [-0.39, 0.29) is 5.92 Å². The van der Waals surface area contributed by atoms with Crippen molar-refractivity contribution in [3.05, 3.63) is 52.8 Å². The minimum atomic E-state index is 0.0743. The quantitative estimate of drug-likeness (QED) is 0.559. The van der Waals surface area contributed by atoms with Crippen molar-refractivity contribution in [1.82, 2.24) is 14.9 Å². The van der Waals surface area contributed by atoms with Gasteiger partial charge in [-0.25, -0.2) is 0 Å². The summed E-state index contributed by atoms with van der Waals surface area (Å²) in [5.74, 6) is 1.28. The number of ether oxygens (including phenoxy) is 1. The molecule has 0 aliphatic carbocycles. The standard InChI is InChI=1S/C28H35N3O2/c1-17(2)26-24-15-21(20-7-10-31(11-8-20)28(32)22-9-12-33-16-22)5-6-25(24)30-27(26)23-13-18(3)29-19(4)14-23/h5-6,13-15,17,20,22,30H,7-12,16H2,1-4H3. The van der Waals surface area contributed by atoms with Crippen molar-refractivity contribution < 1.29 is 9.53 Å². The maximum Gasteiger partial charge on any atom is 0.228 e. The predicted molar refractivity (Wildman–Crippen MR) is 133 cm³/mol. The van der Waals surface area contributed by atoms with E-state index in [0.29, 0.717) is 24.3 Å². The first-order valence-corrected chi connectivity index (χ1v) is 12.4. The van der Waals surface area contributed by atoms with Crippen LogP contribution in [0.15, 0.2) is 30.3 Å². The Morgan fingerprint density at radius 3 is 2.45 bits per heavy atom. The van der Waals surface area contributed by atoms with Crippen molar-refractivity contribution in [2.75, 3.05) is 26.3 Å². The maximum absolute atomic E-state index is 12.8. The van der Waals surface area contributed by atoms with E-state index in [4.69, 9.17) is 4.74 Å². The summed E-state index contributed by atoms with van der Waals surface area (Å²) in [5.41, 5.74) is 8.49. The van der Waals surface area contributed by atoms with Crippen molar-refractivity contribution in [2.45, 2.75) is 58.8 Å². The van der Waals surface area contributed by atoms with Crippen LogP contribution in [0.1, 0.15) is 67.5 Å². The highest BCUT2D eigenvalue weighted by molar-refractivity contribution is 5.92. The van der Waals surface area contributed by atoms with Gasteiger partial charge in [-0.15, -0.1) is 0 Å². The Hall–Kier alpha value is -2.66. The second-order valence-corrected chi connectivity index (χ2v) is 10.2. The molecule has 5 nitrogen and oxygen atoms in total. The Bertz CT molecular complexity index is 1150. The molecule has 1 amide bonds. The van der Waals surface area contributed by atoms with Crippen molar-refractivity contribution in [1.29, 1.82) is 0 Å². The Labute approximate surface area is 196 Å². The number of aryl methyl sites for hydroxylation is 2. The van der Waals surface area contributed by atoms with Crippen LogP contribution < -0.4 is 0 Å². The van der Waals surface area contributed by atoms with Crippen LogP contribution >= 0.6 is 0 Å². The Morgan fingerprint density at radius 1 is 1.09 bits per heavy atom. The molecule has 2 fully saturated rings. The minimum absolute atomic E-state index is 0.0743. The van der Waals surface area contributed by atoms with Gasteiger partial charge in [0.25, 0.3) is 0 Å². The number of hydrogen-bond acceptors (Lipinski definition) is 3. The van der Waals surface area contributed by atoms with E-state index >= 15 is 0 Å². The van der Waals surface area contributed by atoms with Crippen molar-refractivity contribution in [2.24, 2.45) is 5.92 Å². The largest absolute Gasteiger partial charge is 0.381 e. The zero-order chi connectivity index (χ0) is 23.1. The molecule has 1 unspecified atom stereocenters. The van der Waals surface area contributed by atoms with Gasteiger partial charge in [-0.1, -0.05) is 19.9 Å². The van der Waals surface area contributed by atoms with E-state index < -0.39 is 0 Å². The Morgan fingerprint density at radius 2 is 1.82 bits per heavy atom. The van der Waals surface area contributed by atoms with Crippen LogP contribution in [0.25, 0.3) is 22.2 Å². The summed E-state index contributed by atoms with van der Waals surface area (Å²) in [4.78, 5) is 23.1. The number of piperidine rings is 1. The third-order valence-electron chi connectivity index (χ3n) is 7.37. The highest BCUT2D eigenvalue weighted by Crippen LogP contribution is 2.38. The number of H-pyrrole nitrogens is 1. The minimum Gasteiger partial charge on any atom is -0.381 e. The SMILES string of the molecule is Cc1cc(-c2[nH]c3ccc(C4CCN(C(=O)C5CCOC5)CC4)cc3c2C(C)C)cc(C)n1. The van der Waals surface area contributed by atoms with Crippen LogP contribution in [0.3, 0.4) is 0 Å². The molecule has 0 radical (unpaired) electrons. The number of amides is 1. The number of nitrogens with zero attached hydrogens (tertiary/aromatic N) is 2. The number of pyridine rings is 1.